The van der Waals surface area contributed by atoms with Crippen molar-refractivity contribution in [2.24, 2.45) is 0 Å². The Morgan fingerprint density at radius 3 is 2.55 bits per heavy atom. The summed E-state index contributed by atoms with van der Waals surface area (Å²) in [5.74, 6) is -0.103. The van der Waals surface area contributed by atoms with E-state index in [9.17, 15) is 8.42 Å². The molecule has 0 unspecified atom stereocenters. The van der Waals surface area contributed by atoms with Crippen LogP contribution in [0.1, 0.15) is 16.7 Å². The third-order valence-electron chi connectivity index (χ3n) is 3.03. The number of rotatable bonds is 3. The standard InChI is InChI=1S/C15H14N2O2S/c1-11-7-12(9-16)5-6-13(11)10-20(18,19)15-4-2-3-14(17)8-15/h2-8H,10,17H2,1H3. The fraction of sp³-hybridized carbons (Fsp3) is 0.133. The number of nitrogens with zero attached hydrogens (tertiary/aromatic N) is 1. The van der Waals surface area contributed by atoms with Gasteiger partial charge in [-0.05, 0) is 48.4 Å². The molecular formula is C15H14N2O2S. The molecule has 5 heteroatoms. The minimum atomic E-state index is -3.44. The number of aryl methyl sites for hydroxylation is 1. The van der Waals surface area contributed by atoms with Crippen LogP contribution in [0.2, 0.25) is 0 Å². The number of nitrogen functional groups attached to an aromatic ring is 1. The average molecular weight is 286 g/mol. The van der Waals surface area contributed by atoms with Gasteiger partial charge in [-0.3, -0.25) is 0 Å². The fourth-order valence-corrected chi connectivity index (χ4v) is 3.42. The highest BCUT2D eigenvalue weighted by molar-refractivity contribution is 7.90. The third kappa shape index (κ3) is 2.98. The second-order valence-corrected chi connectivity index (χ2v) is 6.57. The van der Waals surface area contributed by atoms with Gasteiger partial charge < -0.3 is 5.73 Å². The van der Waals surface area contributed by atoms with Crippen LogP contribution in [0, 0.1) is 18.3 Å². The molecule has 0 bridgehead atoms. The highest BCUT2D eigenvalue weighted by Crippen LogP contribution is 2.21. The van der Waals surface area contributed by atoms with Gasteiger partial charge in [-0.25, -0.2) is 8.42 Å². The van der Waals surface area contributed by atoms with Crippen LogP contribution in [0.25, 0.3) is 0 Å². The average Bonchev–Trinajstić information content (AvgIpc) is 2.41. The Morgan fingerprint density at radius 2 is 1.95 bits per heavy atom. The number of nitrogens with two attached hydrogens (primary N) is 1. The summed E-state index contributed by atoms with van der Waals surface area (Å²) in [4.78, 5) is 0.209. The molecule has 0 fully saturated rings. The van der Waals surface area contributed by atoms with Crippen molar-refractivity contribution < 1.29 is 8.42 Å². The van der Waals surface area contributed by atoms with Crippen molar-refractivity contribution in [2.75, 3.05) is 5.73 Å². The van der Waals surface area contributed by atoms with Crippen LogP contribution in [0.4, 0.5) is 5.69 Å². The van der Waals surface area contributed by atoms with Crippen molar-refractivity contribution in [2.45, 2.75) is 17.6 Å². The van der Waals surface area contributed by atoms with E-state index in [0.29, 0.717) is 16.8 Å². The molecule has 20 heavy (non-hydrogen) atoms. The lowest BCUT2D eigenvalue weighted by Gasteiger charge is -2.08. The molecule has 0 aliphatic rings. The Kier molecular flexibility index (Phi) is 3.77. The van der Waals surface area contributed by atoms with Gasteiger partial charge in [0.1, 0.15) is 0 Å². The predicted octanol–water partition coefficient (Wildman–Crippen LogP) is 2.42. The van der Waals surface area contributed by atoms with Crippen LogP contribution in [0.5, 0.6) is 0 Å². The number of hydrogen-bond donors (Lipinski definition) is 1. The van der Waals surface area contributed by atoms with E-state index in [0.717, 1.165) is 5.56 Å². The van der Waals surface area contributed by atoms with Crippen molar-refractivity contribution in [3.8, 4) is 6.07 Å². The number of sulfone groups is 1. The van der Waals surface area contributed by atoms with Crippen molar-refractivity contribution >= 4 is 15.5 Å². The van der Waals surface area contributed by atoms with Gasteiger partial charge >= 0.3 is 0 Å². The lowest BCUT2D eigenvalue weighted by molar-refractivity contribution is 0.595. The van der Waals surface area contributed by atoms with E-state index in [1.54, 1.807) is 37.3 Å². The van der Waals surface area contributed by atoms with Crippen molar-refractivity contribution in [3.63, 3.8) is 0 Å². The predicted molar refractivity (Wildman–Crippen MR) is 77.6 cm³/mol. The SMILES string of the molecule is Cc1cc(C#N)ccc1CS(=O)(=O)c1cccc(N)c1. The van der Waals surface area contributed by atoms with Gasteiger partial charge in [0.2, 0.25) is 0 Å². The van der Waals surface area contributed by atoms with E-state index < -0.39 is 9.84 Å². The van der Waals surface area contributed by atoms with Gasteiger partial charge in [-0.15, -0.1) is 0 Å². The Bertz CT molecular complexity index is 790. The molecule has 0 aromatic heterocycles. The van der Waals surface area contributed by atoms with E-state index in [1.807, 2.05) is 6.07 Å². The van der Waals surface area contributed by atoms with E-state index >= 15 is 0 Å². The molecule has 0 saturated carbocycles. The van der Waals surface area contributed by atoms with Gasteiger partial charge in [-0.2, -0.15) is 5.26 Å². The first kappa shape index (κ1) is 14.1. The normalized spacial score (nSPS) is 11.0. The molecule has 4 nitrogen and oxygen atoms in total. The first-order valence-corrected chi connectivity index (χ1v) is 7.65. The quantitative estimate of drug-likeness (QED) is 0.878. The Hall–Kier alpha value is -2.32. The van der Waals surface area contributed by atoms with E-state index in [4.69, 9.17) is 11.0 Å². The minimum absolute atomic E-state index is 0.103. The first-order chi connectivity index (χ1) is 9.42. The molecule has 0 amide bonds. The molecule has 0 radical (unpaired) electrons. The minimum Gasteiger partial charge on any atom is -0.399 e. The largest absolute Gasteiger partial charge is 0.399 e. The maximum atomic E-state index is 12.3. The summed E-state index contributed by atoms with van der Waals surface area (Å²) < 4.78 is 24.7. The molecule has 2 N–H and O–H groups in total. The first-order valence-electron chi connectivity index (χ1n) is 6.00. The second kappa shape index (κ2) is 5.35. The van der Waals surface area contributed by atoms with Gasteiger partial charge in [0.25, 0.3) is 0 Å². The molecular weight excluding hydrogens is 272 g/mol. The van der Waals surface area contributed by atoms with Crippen LogP contribution in [0.3, 0.4) is 0 Å². The van der Waals surface area contributed by atoms with Crippen LogP contribution in [0.15, 0.2) is 47.4 Å². The Labute approximate surface area is 118 Å². The second-order valence-electron chi connectivity index (χ2n) is 4.58. The van der Waals surface area contributed by atoms with Crippen LogP contribution >= 0.6 is 0 Å². The summed E-state index contributed by atoms with van der Waals surface area (Å²) in [7, 11) is -3.44. The summed E-state index contributed by atoms with van der Waals surface area (Å²) in [5.41, 5.74) is 8.03. The van der Waals surface area contributed by atoms with Crippen LogP contribution < -0.4 is 5.73 Å². The van der Waals surface area contributed by atoms with Crippen LogP contribution in [-0.4, -0.2) is 8.42 Å². The number of benzene rings is 2. The summed E-state index contributed by atoms with van der Waals surface area (Å²) in [6.07, 6.45) is 0. The van der Waals surface area contributed by atoms with E-state index in [-0.39, 0.29) is 10.6 Å². The maximum absolute atomic E-state index is 12.3. The monoisotopic (exact) mass is 286 g/mol. The van der Waals surface area contributed by atoms with Crippen molar-refractivity contribution in [3.05, 3.63) is 59.2 Å². The fourth-order valence-electron chi connectivity index (χ4n) is 1.92. The smallest absolute Gasteiger partial charge is 0.182 e. The zero-order valence-electron chi connectivity index (χ0n) is 11.0. The molecule has 2 rings (SSSR count). The summed E-state index contributed by atoms with van der Waals surface area (Å²) in [6.45, 7) is 1.80. The topological polar surface area (TPSA) is 84.0 Å². The lowest BCUT2D eigenvalue weighted by atomic mass is 10.1. The molecule has 2 aromatic carbocycles. The summed E-state index contributed by atoms with van der Waals surface area (Å²) in [6, 6.07) is 13.3. The zero-order valence-corrected chi connectivity index (χ0v) is 11.8. The van der Waals surface area contributed by atoms with Crippen LogP contribution in [-0.2, 0) is 15.6 Å². The van der Waals surface area contributed by atoms with E-state index in [2.05, 4.69) is 0 Å². The highest BCUT2D eigenvalue weighted by Gasteiger charge is 2.16. The Morgan fingerprint density at radius 1 is 1.20 bits per heavy atom. The number of anilines is 1. The summed E-state index contributed by atoms with van der Waals surface area (Å²) in [5, 5.41) is 8.81. The molecule has 102 valence electrons. The zero-order chi connectivity index (χ0) is 14.8. The molecule has 0 aliphatic heterocycles. The molecule has 0 atom stereocenters. The van der Waals surface area contributed by atoms with Gasteiger partial charge in [-0.1, -0.05) is 12.1 Å². The molecule has 0 spiro atoms. The van der Waals surface area contributed by atoms with Gasteiger partial charge in [0, 0.05) is 5.69 Å². The van der Waals surface area contributed by atoms with Crippen molar-refractivity contribution in [1.29, 1.82) is 5.26 Å². The van der Waals surface area contributed by atoms with Crippen molar-refractivity contribution in [1.82, 2.24) is 0 Å². The highest BCUT2D eigenvalue weighted by atomic mass is 32.2. The number of nitriles is 1. The maximum Gasteiger partial charge on any atom is 0.182 e. The lowest BCUT2D eigenvalue weighted by Crippen LogP contribution is -2.06. The molecule has 2 aromatic rings. The third-order valence-corrected chi connectivity index (χ3v) is 4.70. The van der Waals surface area contributed by atoms with E-state index in [1.165, 1.54) is 12.1 Å². The van der Waals surface area contributed by atoms with Gasteiger partial charge in [0.05, 0.1) is 22.3 Å². The number of hydrogen-bond acceptors (Lipinski definition) is 4. The molecule has 0 saturated heterocycles. The van der Waals surface area contributed by atoms with Gasteiger partial charge in [0.15, 0.2) is 9.84 Å². The molecule has 0 aliphatic carbocycles. The summed E-state index contributed by atoms with van der Waals surface area (Å²) >= 11 is 0. The molecule has 0 heterocycles. The Balaban J connectivity index is 2.36.